The fraction of sp³-hybridized carbons (Fsp3) is 0.538. The third-order valence-electron chi connectivity index (χ3n) is 2.51. The highest BCUT2D eigenvalue weighted by molar-refractivity contribution is 5.39. The summed E-state index contributed by atoms with van der Waals surface area (Å²) >= 11 is 0. The number of aryl methyl sites for hydroxylation is 2. The number of para-hydroxylation sites is 1. The number of halogens is 2. The van der Waals surface area contributed by atoms with Crippen molar-refractivity contribution in [1.29, 1.82) is 0 Å². The van der Waals surface area contributed by atoms with Crippen molar-refractivity contribution < 1.29 is 18.6 Å². The van der Waals surface area contributed by atoms with E-state index in [4.69, 9.17) is 4.74 Å². The summed E-state index contributed by atoms with van der Waals surface area (Å²) in [5.74, 6) is 0.741. The van der Waals surface area contributed by atoms with Crippen molar-refractivity contribution in [3.05, 3.63) is 29.3 Å². The Morgan fingerprint density at radius 3 is 2.39 bits per heavy atom. The van der Waals surface area contributed by atoms with E-state index in [1.165, 1.54) is 0 Å². The Morgan fingerprint density at radius 2 is 1.83 bits per heavy atom. The van der Waals surface area contributed by atoms with E-state index in [1.54, 1.807) is 0 Å². The summed E-state index contributed by atoms with van der Waals surface area (Å²) < 4.78 is 29.2. The van der Waals surface area contributed by atoms with E-state index in [2.05, 4.69) is 5.32 Å². The molecular weight excluding hydrogens is 240 g/mol. The first-order chi connectivity index (χ1) is 8.50. The molecule has 1 aromatic carbocycles. The van der Waals surface area contributed by atoms with Crippen molar-refractivity contribution in [2.45, 2.75) is 26.4 Å². The molecule has 0 fully saturated rings. The minimum absolute atomic E-state index is 0.0852. The number of benzene rings is 1. The third kappa shape index (κ3) is 4.98. The quantitative estimate of drug-likeness (QED) is 0.786. The molecule has 0 radical (unpaired) electrons. The van der Waals surface area contributed by atoms with Crippen LogP contribution in [0.1, 0.15) is 11.1 Å². The predicted molar refractivity (Wildman–Crippen MR) is 66.3 cm³/mol. The summed E-state index contributed by atoms with van der Waals surface area (Å²) in [5, 5.41) is 12.0. The number of hydrogen-bond acceptors (Lipinski definition) is 3. The van der Waals surface area contributed by atoms with E-state index in [1.807, 2.05) is 32.0 Å². The van der Waals surface area contributed by atoms with Crippen LogP contribution in [0, 0.1) is 13.8 Å². The largest absolute Gasteiger partial charge is 0.490 e. The molecule has 0 aliphatic rings. The van der Waals surface area contributed by atoms with Gasteiger partial charge >= 0.3 is 0 Å². The molecule has 0 aliphatic heterocycles. The summed E-state index contributed by atoms with van der Waals surface area (Å²) in [4.78, 5) is 0. The van der Waals surface area contributed by atoms with E-state index in [9.17, 15) is 13.9 Å². The number of aliphatic hydroxyl groups excluding tert-OH is 1. The Labute approximate surface area is 106 Å². The Hall–Kier alpha value is -1.20. The maximum atomic E-state index is 11.9. The molecule has 0 amide bonds. The second-order valence-electron chi connectivity index (χ2n) is 4.24. The highest BCUT2D eigenvalue weighted by Crippen LogP contribution is 2.22. The lowest BCUT2D eigenvalue weighted by Crippen LogP contribution is -2.34. The lowest BCUT2D eigenvalue weighted by Gasteiger charge is -2.16. The average molecular weight is 259 g/mol. The van der Waals surface area contributed by atoms with Crippen molar-refractivity contribution >= 4 is 0 Å². The third-order valence-corrected chi connectivity index (χ3v) is 2.51. The van der Waals surface area contributed by atoms with Crippen LogP contribution in [0.4, 0.5) is 8.78 Å². The standard InChI is InChI=1S/C13H19F2NO2/c1-9-4-3-5-10(2)13(9)18-8-11(17)6-16-7-12(14)15/h3-5,11-12,16-17H,6-8H2,1-2H3. The van der Waals surface area contributed by atoms with Crippen LogP contribution in [-0.4, -0.2) is 37.3 Å². The fourth-order valence-corrected chi connectivity index (χ4v) is 1.62. The molecule has 0 aliphatic carbocycles. The Bertz CT molecular complexity index is 352. The Morgan fingerprint density at radius 1 is 1.22 bits per heavy atom. The Balaban J connectivity index is 2.36. The van der Waals surface area contributed by atoms with Gasteiger partial charge in [-0.25, -0.2) is 8.78 Å². The minimum atomic E-state index is -2.41. The number of nitrogens with one attached hydrogen (secondary N) is 1. The zero-order valence-corrected chi connectivity index (χ0v) is 10.6. The van der Waals surface area contributed by atoms with E-state index < -0.39 is 19.1 Å². The number of hydrogen-bond donors (Lipinski definition) is 2. The molecule has 0 aromatic heterocycles. The van der Waals surface area contributed by atoms with Gasteiger partial charge in [0.05, 0.1) is 6.54 Å². The van der Waals surface area contributed by atoms with E-state index in [-0.39, 0.29) is 13.2 Å². The summed E-state index contributed by atoms with van der Waals surface area (Å²) in [6.45, 7) is 3.60. The molecule has 18 heavy (non-hydrogen) atoms. The number of rotatable bonds is 7. The first kappa shape index (κ1) is 14.9. The van der Waals surface area contributed by atoms with Gasteiger partial charge in [-0.1, -0.05) is 18.2 Å². The fourth-order valence-electron chi connectivity index (χ4n) is 1.62. The van der Waals surface area contributed by atoms with Gasteiger partial charge in [-0.3, -0.25) is 0 Å². The molecule has 5 heteroatoms. The summed E-state index contributed by atoms with van der Waals surface area (Å²) in [6, 6.07) is 5.77. The minimum Gasteiger partial charge on any atom is -0.490 e. The Kier molecular flexibility index (Phi) is 6.01. The number of ether oxygens (including phenoxy) is 1. The molecule has 1 aromatic rings. The molecule has 1 rings (SSSR count). The van der Waals surface area contributed by atoms with Gasteiger partial charge in [0.25, 0.3) is 6.43 Å². The lowest BCUT2D eigenvalue weighted by molar-refractivity contribution is 0.0946. The summed E-state index contributed by atoms with van der Waals surface area (Å²) in [5.41, 5.74) is 1.98. The SMILES string of the molecule is Cc1cccc(C)c1OCC(O)CNCC(F)F. The van der Waals surface area contributed by atoms with Gasteiger partial charge in [-0.2, -0.15) is 0 Å². The average Bonchev–Trinajstić information content (AvgIpc) is 2.27. The molecule has 1 atom stereocenters. The molecule has 3 nitrogen and oxygen atoms in total. The van der Waals surface area contributed by atoms with Crippen LogP contribution in [0.2, 0.25) is 0 Å². The molecule has 102 valence electrons. The van der Waals surface area contributed by atoms with Crippen LogP contribution in [0.25, 0.3) is 0 Å². The second-order valence-corrected chi connectivity index (χ2v) is 4.24. The van der Waals surface area contributed by atoms with Gasteiger partial charge < -0.3 is 15.2 Å². The van der Waals surface area contributed by atoms with Crippen molar-refractivity contribution in [3.63, 3.8) is 0 Å². The zero-order chi connectivity index (χ0) is 13.5. The van der Waals surface area contributed by atoms with Crippen LogP contribution in [0.15, 0.2) is 18.2 Å². The highest BCUT2D eigenvalue weighted by Gasteiger charge is 2.09. The van der Waals surface area contributed by atoms with Crippen molar-refractivity contribution in [2.24, 2.45) is 0 Å². The van der Waals surface area contributed by atoms with E-state index in [0.717, 1.165) is 16.9 Å². The van der Waals surface area contributed by atoms with Crippen molar-refractivity contribution in [1.82, 2.24) is 5.32 Å². The highest BCUT2D eigenvalue weighted by atomic mass is 19.3. The van der Waals surface area contributed by atoms with Gasteiger partial charge in [0.2, 0.25) is 0 Å². The first-order valence-corrected chi connectivity index (χ1v) is 5.86. The summed E-state index contributed by atoms with van der Waals surface area (Å²) in [7, 11) is 0. The smallest absolute Gasteiger partial charge is 0.250 e. The summed E-state index contributed by atoms with van der Waals surface area (Å²) in [6.07, 6.45) is -3.21. The van der Waals surface area contributed by atoms with Gasteiger partial charge in [-0.15, -0.1) is 0 Å². The molecule has 0 heterocycles. The second kappa shape index (κ2) is 7.28. The van der Waals surface area contributed by atoms with Crippen LogP contribution in [0.5, 0.6) is 5.75 Å². The van der Waals surface area contributed by atoms with Crippen LogP contribution >= 0.6 is 0 Å². The molecule has 0 bridgehead atoms. The maximum absolute atomic E-state index is 11.9. The number of alkyl halides is 2. The monoisotopic (exact) mass is 259 g/mol. The topological polar surface area (TPSA) is 41.5 Å². The normalized spacial score (nSPS) is 12.8. The molecule has 0 saturated heterocycles. The van der Waals surface area contributed by atoms with Crippen LogP contribution in [0.3, 0.4) is 0 Å². The van der Waals surface area contributed by atoms with Crippen LogP contribution < -0.4 is 10.1 Å². The van der Waals surface area contributed by atoms with E-state index >= 15 is 0 Å². The lowest BCUT2D eigenvalue weighted by atomic mass is 10.1. The van der Waals surface area contributed by atoms with Crippen molar-refractivity contribution in [3.8, 4) is 5.75 Å². The van der Waals surface area contributed by atoms with Crippen LogP contribution in [-0.2, 0) is 0 Å². The zero-order valence-electron chi connectivity index (χ0n) is 10.6. The van der Waals surface area contributed by atoms with Gasteiger partial charge in [0, 0.05) is 6.54 Å². The van der Waals surface area contributed by atoms with Gasteiger partial charge in [-0.05, 0) is 25.0 Å². The molecule has 0 saturated carbocycles. The van der Waals surface area contributed by atoms with Gasteiger partial charge in [0.1, 0.15) is 18.5 Å². The molecule has 2 N–H and O–H groups in total. The predicted octanol–water partition coefficient (Wildman–Crippen LogP) is 1.90. The van der Waals surface area contributed by atoms with E-state index in [0.29, 0.717) is 0 Å². The maximum Gasteiger partial charge on any atom is 0.250 e. The number of aliphatic hydroxyl groups is 1. The first-order valence-electron chi connectivity index (χ1n) is 5.86. The van der Waals surface area contributed by atoms with Crippen molar-refractivity contribution in [2.75, 3.05) is 19.7 Å². The van der Waals surface area contributed by atoms with Gasteiger partial charge in [0.15, 0.2) is 0 Å². The molecule has 1 unspecified atom stereocenters. The molecular formula is C13H19F2NO2. The molecule has 0 spiro atoms.